The summed E-state index contributed by atoms with van der Waals surface area (Å²) >= 11 is 0. The molecule has 0 spiro atoms. The standard InChI is InChI=1S/C18H20N4O2/c1-4-24-18(23)15-11-19-22-16(10-13(2)20-17(15)22)21(3)12-14-8-6-5-7-9-14/h5-11H,4,12H2,1-3H3. The molecule has 3 aromatic rings. The van der Waals surface area contributed by atoms with Gasteiger partial charge in [-0.05, 0) is 19.4 Å². The molecule has 0 unspecified atom stereocenters. The molecule has 3 rings (SSSR count). The Morgan fingerprint density at radius 1 is 1.29 bits per heavy atom. The van der Waals surface area contributed by atoms with Gasteiger partial charge in [-0.3, -0.25) is 0 Å². The van der Waals surface area contributed by atoms with Crippen molar-refractivity contribution in [2.24, 2.45) is 0 Å². The SMILES string of the molecule is CCOC(=O)c1cnn2c(N(C)Cc3ccccc3)cc(C)nc12. The van der Waals surface area contributed by atoms with Crippen LogP contribution >= 0.6 is 0 Å². The van der Waals surface area contributed by atoms with E-state index in [1.54, 1.807) is 11.4 Å². The lowest BCUT2D eigenvalue weighted by atomic mass is 10.2. The summed E-state index contributed by atoms with van der Waals surface area (Å²) in [6.45, 7) is 4.74. The van der Waals surface area contributed by atoms with E-state index in [4.69, 9.17) is 4.74 Å². The van der Waals surface area contributed by atoms with Crippen molar-refractivity contribution in [2.45, 2.75) is 20.4 Å². The van der Waals surface area contributed by atoms with Gasteiger partial charge in [-0.2, -0.15) is 9.61 Å². The lowest BCUT2D eigenvalue weighted by Gasteiger charge is -2.20. The molecule has 0 aliphatic heterocycles. The number of rotatable bonds is 5. The van der Waals surface area contributed by atoms with Crippen LogP contribution in [0.15, 0.2) is 42.6 Å². The van der Waals surface area contributed by atoms with Gasteiger partial charge in [0, 0.05) is 25.4 Å². The summed E-state index contributed by atoms with van der Waals surface area (Å²) in [4.78, 5) is 18.6. The third-order valence-corrected chi connectivity index (χ3v) is 3.73. The maximum absolute atomic E-state index is 12.1. The first kappa shape index (κ1) is 16.0. The van der Waals surface area contributed by atoms with Gasteiger partial charge >= 0.3 is 5.97 Å². The van der Waals surface area contributed by atoms with Gasteiger partial charge in [0.25, 0.3) is 0 Å². The van der Waals surface area contributed by atoms with E-state index in [1.165, 1.54) is 11.8 Å². The Morgan fingerprint density at radius 3 is 2.75 bits per heavy atom. The van der Waals surface area contributed by atoms with Gasteiger partial charge in [0.05, 0.1) is 12.8 Å². The molecule has 124 valence electrons. The van der Waals surface area contributed by atoms with Gasteiger partial charge in [0.1, 0.15) is 11.4 Å². The summed E-state index contributed by atoms with van der Waals surface area (Å²) in [5.74, 6) is 0.471. The van der Waals surface area contributed by atoms with Crippen LogP contribution < -0.4 is 4.90 Å². The van der Waals surface area contributed by atoms with Crippen LogP contribution in [-0.2, 0) is 11.3 Å². The van der Waals surface area contributed by atoms with Crippen molar-refractivity contribution >= 4 is 17.4 Å². The number of nitrogens with zero attached hydrogens (tertiary/aromatic N) is 4. The number of ether oxygens (including phenoxy) is 1. The molecule has 2 aromatic heterocycles. The topological polar surface area (TPSA) is 59.7 Å². The zero-order valence-electron chi connectivity index (χ0n) is 14.1. The molecule has 6 heteroatoms. The third-order valence-electron chi connectivity index (χ3n) is 3.73. The Hall–Kier alpha value is -2.89. The molecule has 0 N–H and O–H groups in total. The molecule has 1 aromatic carbocycles. The van der Waals surface area contributed by atoms with Crippen LogP contribution in [0.25, 0.3) is 5.65 Å². The molecule has 0 aliphatic carbocycles. The average molecular weight is 324 g/mol. The quantitative estimate of drug-likeness (QED) is 0.675. The van der Waals surface area contributed by atoms with E-state index in [2.05, 4.69) is 27.1 Å². The molecule has 24 heavy (non-hydrogen) atoms. The average Bonchev–Trinajstić information content (AvgIpc) is 2.99. The number of carbonyl (C=O) groups is 1. The maximum atomic E-state index is 12.1. The van der Waals surface area contributed by atoms with Crippen molar-refractivity contribution in [3.63, 3.8) is 0 Å². The van der Waals surface area contributed by atoms with Crippen LogP contribution in [0.4, 0.5) is 5.82 Å². The van der Waals surface area contributed by atoms with Crippen LogP contribution in [0, 0.1) is 6.92 Å². The van der Waals surface area contributed by atoms with Gasteiger partial charge in [-0.15, -0.1) is 0 Å². The van der Waals surface area contributed by atoms with E-state index in [0.29, 0.717) is 17.8 Å². The van der Waals surface area contributed by atoms with Crippen LogP contribution in [0.2, 0.25) is 0 Å². The Morgan fingerprint density at radius 2 is 2.04 bits per heavy atom. The zero-order chi connectivity index (χ0) is 17.1. The highest BCUT2D eigenvalue weighted by Crippen LogP contribution is 2.20. The number of aryl methyl sites for hydroxylation is 1. The summed E-state index contributed by atoms with van der Waals surface area (Å²) in [5, 5.41) is 4.34. The first-order chi connectivity index (χ1) is 11.6. The number of esters is 1. The van der Waals surface area contributed by atoms with Gasteiger partial charge in [-0.25, -0.2) is 9.78 Å². The molecule has 6 nitrogen and oxygen atoms in total. The Balaban J connectivity index is 2.00. The summed E-state index contributed by atoms with van der Waals surface area (Å²) < 4.78 is 6.77. The van der Waals surface area contributed by atoms with Crippen LogP contribution in [-0.4, -0.2) is 34.2 Å². The predicted octanol–water partition coefficient (Wildman–Crippen LogP) is 2.85. The van der Waals surface area contributed by atoms with Crippen molar-refractivity contribution in [1.29, 1.82) is 0 Å². The van der Waals surface area contributed by atoms with Crippen molar-refractivity contribution < 1.29 is 9.53 Å². The lowest BCUT2D eigenvalue weighted by Crippen LogP contribution is -2.20. The number of hydrogen-bond acceptors (Lipinski definition) is 5. The first-order valence-electron chi connectivity index (χ1n) is 7.87. The van der Waals surface area contributed by atoms with Crippen molar-refractivity contribution in [2.75, 3.05) is 18.6 Å². The van der Waals surface area contributed by atoms with Crippen LogP contribution in [0.5, 0.6) is 0 Å². The molecule has 0 fully saturated rings. The molecule has 0 saturated carbocycles. The molecule has 0 bridgehead atoms. The van der Waals surface area contributed by atoms with Gasteiger partial charge in [0.2, 0.25) is 0 Å². The normalized spacial score (nSPS) is 10.8. The van der Waals surface area contributed by atoms with E-state index in [1.807, 2.05) is 38.2 Å². The molecule has 0 amide bonds. The second-order valence-corrected chi connectivity index (χ2v) is 5.61. The van der Waals surface area contributed by atoms with Crippen LogP contribution in [0.3, 0.4) is 0 Å². The van der Waals surface area contributed by atoms with Crippen molar-refractivity contribution in [1.82, 2.24) is 14.6 Å². The summed E-state index contributed by atoms with van der Waals surface area (Å²) in [6.07, 6.45) is 1.51. The molecule has 2 heterocycles. The van der Waals surface area contributed by atoms with E-state index in [9.17, 15) is 4.79 Å². The fourth-order valence-corrected chi connectivity index (χ4v) is 2.63. The Labute approximate surface area is 140 Å². The summed E-state index contributed by atoms with van der Waals surface area (Å²) in [5.41, 5.74) is 2.92. The second-order valence-electron chi connectivity index (χ2n) is 5.61. The minimum absolute atomic E-state index is 0.322. The van der Waals surface area contributed by atoms with Gasteiger partial charge in [0.15, 0.2) is 5.65 Å². The van der Waals surface area contributed by atoms with Crippen molar-refractivity contribution in [3.8, 4) is 0 Å². The van der Waals surface area contributed by atoms with E-state index < -0.39 is 5.97 Å². The zero-order valence-corrected chi connectivity index (χ0v) is 14.1. The Kier molecular flexibility index (Phi) is 4.46. The number of benzene rings is 1. The lowest BCUT2D eigenvalue weighted by molar-refractivity contribution is 0.0528. The number of carbonyl (C=O) groups excluding carboxylic acids is 1. The molecule has 0 radical (unpaired) electrons. The predicted molar refractivity (Wildman–Crippen MR) is 92.2 cm³/mol. The van der Waals surface area contributed by atoms with E-state index in [-0.39, 0.29) is 0 Å². The molecule has 0 atom stereocenters. The highest BCUT2D eigenvalue weighted by atomic mass is 16.5. The molecule has 0 aliphatic rings. The fourth-order valence-electron chi connectivity index (χ4n) is 2.63. The molecular weight excluding hydrogens is 304 g/mol. The number of aromatic nitrogens is 3. The summed E-state index contributed by atoms with van der Waals surface area (Å²) in [7, 11) is 1.99. The maximum Gasteiger partial charge on any atom is 0.343 e. The minimum Gasteiger partial charge on any atom is -0.462 e. The molecular formula is C18H20N4O2. The second kappa shape index (κ2) is 6.70. The number of fused-ring (bicyclic) bond motifs is 1. The monoisotopic (exact) mass is 324 g/mol. The number of anilines is 1. The van der Waals surface area contributed by atoms with Gasteiger partial charge in [-0.1, -0.05) is 30.3 Å². The largest absolute Gasteiger partial charge is 0.462 e. The number of hydrogen-bond donors (Lipinski definition) is 0. The van der Waals surface area contributed by atoms with Gasteiger partial charge < -0.3 is 9.64 Å². The molecule has 0 saturated heterocycles. The fraction of sp³-hybridized carbons (Fsp3) is 0.278. The first-order valence-corrected chi connectivity index (χ1v) is 7.87. The van der Waals surface area contributed by atoms with Crippen LogP contribution in [0.1, 0.15) is 28.5 Å². The highest BCUT2D eigenvalue weighted by Gasteiger charge is 2.18. The summed E-state index contributed by atoms with van der Waals surface area (Å²) in [6, 6.07) is 12.1. The van der Waals surface area contributed by atoms with E-state index in [0.717, 1.165) is 18.1 Å². The third kappa shape index (κ3) is 3.08. The smallest absolute Gasteiger partial charge is 0.343 e. The minimum atomic E-state index is -0.401. The van der Waals surface area contributed by atoms with E-state index >= 15 is 0 Å². The highest BCUT2D eigenvalue weighted by molar-refractivity contribution is 5.95. The Bertz CT molecular complexity index is 858. The van der Waals surface area contributed by atoms with Crippen molar-refractivity contribution in [3.05, 3.63) is 59.4 Å².